The Balaban J connectivity index is 1.42. The summed E-state index contributed by atoms with van der Waals surface area (Å²) in [6.45, 7) is 6.96. The smallest absolute Gasteiger partial charge is 0.225 e. The van der Waals surface area contributed by atoms with Gasteiger partial charge in [0, 0.05) is 37.9 Å². The summed E-state index contributed by atoms with van der Waals surface area (Å²) in [4.78, 5) is 26.9. The van der Waals surface area contributed by atoms with Gasteiger partial charge in [-0.05, 0) is 49.8 Å². The molecule has 6 nitrogen and oxygen atoms in total. The van der Waals surface area contributed by atoms with E-state index in [1.165, 1.54) is 0 Å². The fourth-order valence-corrected chi connectivity index (χ4v) is 4.06. The Kier molecular flexibility index (Phi) is 7.78. The van der Waals surface area contributed by atoms with Gasteiger partial charge in [-0.1, -0.05) is 19.9 Å². The van der Waals surface area contributed by atoms with Crippen LogP contribution in [0.5, 0.6) is 11.5 Å². The van der Waals surface area contributed by atoms with Gasteiger partial charge in [-0.25, -0.2) is 0 Å². The maximum absolute atomic E-state index is 12.5. The molecule has 3 rings (SSSR count). The minimum atomic E-state index is 0.0712. The molecule has 0 saturated carbocycles. The Hall–Kier alpha value is -2.24. The minimum absolute atomic E-state index is 0.0712. The molecule has 1 N–H and O–H groups in total. The second-order valence-electron chi connectivity index (χ2n) is 8.01. The van der Waals surface area contributed by atoms with Crippen LogP contribution >= 0.6 is 0 Å². The lowest BCUT2D eigenvalue weighted by Gasteiger charge is -2.34. The van der Waals surface area contributed by atoms with Crippen LogP contribution in [0.3, 0.4) is 0 Å². The summed E-state index contributed by atoms with van der Waals surface area (Å²) in [7, 11) is 0. The van der Waals surface area contributed by atoms with E-state index in [1.807, 2.05) is 23.1 Å². The summed E-state index contributed by atoms with van der Waals surface area (Å²) < 4.78 is 11.4. The first-order chi connectivity index (χ1) is 14.1. The van der Waals surface area contributed by atoms with Crippen molar-refractivity contribution in [2.45, 2.75) is 64.8 Å². The molecule has 1 aromatic rings. The molecule has 0 unspecified atom stereocenters. The highest BCUT2D eigenvalue weighted by molar-refractivity contribution is 5.79. The Morgan fingerprint density at radius 1 is 1.10 bits per heavy atom. The Bertz CT molecular complexity index is 694. The number of aryl methyl sites for hydroxylation is 1. The van der Waals surface area contributed by atoms with E-state index in [4.69, 9.17) is 9.47 Å². The highest BCUT2D eigenvalue weighted by Crippen LogP contribution is 2.30. The number of ether oxygens (including phenoxy) is 2. The summed E-state index contributed by atoms with van der Waals surface area (Å²) in [5, 5.41) is 3.15. The van der Waals surface area contributed by atoms with Crippen LogP contribution in [0.1, 0.15) is 57.9 Å². The molecule has 2 aliphatic rings. The first kappa shape index (κ1) is 21.5. The zero-order chi connectivity index (χ0) is 20.6. The number of hydrogen-bond acceptors (Lipinski definition) is 4. The van der Waals surface area contributed by atoms with Crippen molar-refractivity contribution >= 4 is 11.8 Å². The summed E-state index contributed by atoms with van der Waals surface area (Å²) in [5.41, 5.74) is 1.08. The number of benzene rings is 1. The number of carbonyl (C=O) groups excluding carboxylic acids is 2. The molecule has 0 spiro atoms. The zero-order valence-electron chi connectivity index (χ0n) is 17.7. The monoisotopic (exact) mass is 402 g/mol. The molecule has 0 aliphatic carbocycles. The van der Waals surface area contributed by atoms with Gasteiger partial charge in [-0.2, -0.15) is 0 Å². The van der Waals surface area contributed by atoms with Crippen molar-refractivity contribution in [2.75, 3.05) is 26.3 Å². The Morgan fingerprint density at radius 2 is 1.79 bits per heavy atom. The van der Waals surface area contributed by atoms with Crippen LogP contribution in [0.2, 0.25) is 0 Å². The van der Waals surface area contributed by atoms with Gasteiger partial charge < -0.3 is 19.7 Å². The molecule has 1 saturated heterocycles. The normalized spacial score (nSPS) is 17.1. The van der Waals surface area contributed by atoms with Crippen LogP contribution in [-0.4, -0.2) is 49.1 Å². The average Bonchev–Trinajstić information content (AvgIpc) is 2.98. The number of amides is 2. The van der Waals surface area contributed by atoms with Crippen LogP contribution in [0, 0.1) is 5.92 Å². The lowest BCUT2D eigenvalue weighted by Crippen LogP contribution is -2.48. The second-order valence-corrected chi connectivity index (χ2v) is 8.01. The molecule has 29 heavy (non-hydrogen) atoms. The van der Waals surface area contributed by atoms with Gasteiger partial charge >= 0.3 is 0 Å². The topological polar surface area (TPSA) is 67.9 Å². The Labute approximate surface area is 173 Å². The first-order valence-electron chi connectivity index (χ1n) is 11.1. The largest absolute Gasteiger partial charge is 0.490 e. The van der Waals surface area contributed by atoms with E-state index in [1.54, 1.807) is 0 Å². The van der Waals surface area contributed by atoms with Crippen molar-refractivity contribution in [1.29, 1.82) is 0 Å². The summed E-state index contributed by atoms with van der Waals surface area (Å²) in [6, 6.07) is 6.08. The number of likely N-dealkylation sites (tertiary alicyclic amines) is 1. The third-order valence-corrected chi connectivity index (χ3v) is 5.96. The fraction of sp³-hybridized carbons (Fsp3) is 0.652. The van der Waals surface area contributed by atoms with E-state index in [2.05, 4.69) is 19.2 Å². The van der Waals surface area contributed by atoms with E-state index in [0.717, 1.165) is 62.3 Å². The Morgan fingerprint density at radius 3 is 2.48 bits per heavy atom. The summed E-state index contributed by atoms with van der Waals surface area (Å²) in [6.07, 6.45) is 5.47. The molecule has 2 aliphatic heterocycles. The minimum Gasteiger partial charge on any atom is -0.490 e. The molecule has 1 fully saturated rings. The van der Waals surface area contributed by atoms with Gasteiger partial charge in [0.1, 0.15) is 0 Å². The van der Waals surface area contributed by atoms with Crippen molar-refractivity contribution < 1.29 is 19.1 Å². The van der Waals surface area contributed by atoms with Crippen molar-refractivity contribution in [1.82, 2.24) is 10.2 Å². The van der Waals surface area contributed by atoms with E-state index in [9.17, 15) is 9.59 Å². The van der Waals surface area contributed by atoms with Crippen molar-refractivity contribution in [2.24, 2.45) is 5.92 Å². The number of fused-ring (bicyclic) bond motifs is 1. The number of rotatable bonds is 7. The lowest BCUT2D eigenvalue weighted by atomic mass is 9.98. The third kappa shape index (κ3) is 5.87. The molecular weight excluding hydrogens is 368 g/mol. The molecule has 2 amide bonds. The van der Waals surface area contributed by atoms with Crippen molar-refractivity contribution in [3.05, 3.63) is 23.8 Å². The fourth-order valence-electron chi connectivity index (χ4n) is 4.06. The van der Waals surface area contributed by atoms with E-state index in [0.29, 0.717) is 26.1 Å². The second kappa shape index (κ2) is 10.5. The van der Waals surface area contributed by atoms with Gasteiger partial charge in [0.2, 0.25) is 11.8 Å². The predicted octanol–water partition coefficient (Wildman–Crippen LogP) is 3.32. The molecule has 6 heteroatoms. The van der Waals surface area contributed by atoms with E-state index in [-0.39, 0.29) is 23.8 Å². The van der Waals surface area contributed by atoms with Crippen LogP contribution < -0.4 is 14.8 Å². The zero-order valence-corrected chi connectivity index (χ0v) is 17.7. The van der Waals surface area contributed by atoms with Gasteiger partial charge in [0.25, 0.3) is 0 Å². The van der Waals surface area contributed by atoms with E-state index < -0.39 is 0 Å². The molecule has 2 heterocycles. The predicted molar refractivity (Wildman–Crippen MR) is 112 cm³/mol. The number of carbonyl (C=O) groups is 2. The molecule has 0 radical (unpaired) electrons. The molecule has 0 aromatic heterocycles. The molecule has 1 aromatic carbocycles. The van der Waals surface area contributed by atoms with Crippen LogP contribution in [-0.2, 0) is 16.0 Å². The first-order valence-corrected chi connectivity index (χ1v) is 11.1. The van der Waals surface area contributed by atoms with Gasteiger partial charge in [-0.3, -0.25) is 9.59 Å². The van der Waals surface area contributed by atoms with Crippen LogP contribution in [0.4, 0.5) is 0 Å². The molecule has 160 valence electrons. The number of nitrogens with zero attached hydrogens (tertiary/aromatic N) is 1. The number of piperidine rings is 1. The quantitative estimate of drug-likeness (QED) is 0.760. The SMILES string of the molecule is CCC(CC)C(=O)N1CCC(NC(=O)CCc2ccc3c(c2)OCCCO3)CC1. The molecular formula is C23H34N2O4. The van der Waals surface area contributed by atoms with Crippen LogP contribution in [0.15, 0.2) is 18.2 Å². The standard InChI is InChI=1S/C23H34N2O4/c1-3-18(4-2)23(27)25-12-10-19(11-13-25)24-22(26)9-7-17-6-8-20-21(16-17)29-15-5-14-28-20/h6,8,16,18-19H,3-5,7,9-15H2,1-2H3,(H,24,26). The average molecular weight is 403 g/mol. The number of hydrogen-bond donors (Lipinski definition) is 1. The van der Waals surface area contributed by atoms with Crippen LogP contribution in [0.25, 0.3) is 0 Å². The maximum Gasteiger partial charge on any atom is 0.225 e. The maximum atomic E-state index is 12.5. The highest BCUT2D eigenvalue weighted by Gasteiger charge is 2.27. The molecule has 0 bridgehead atoms. The van der Waals surface area contributed by atoms with Gasteiger partial charge in [0.05, 0.1) is 13.2 Å². The molecule has 0 atom stereocenters. The summed E-state index contributed by atoms with van der Waals surface area (Å²) >= 11 is 0. The van der Waals surface area contributed by atoms with E-state index >= 15 is 0 Å². The number of nitrogens with one attached hydrogen (secondary N) is 1. The van der Waals surface area contributed by atoms with Gasteiger partial charge in [-0.15, -0.1) is 0 Å². The lowest BCUT2D eigenvalue weighted by molar-refractivity contribution is -0.137. The van der Waals surface area contributed by atoms with Crippen molar-refractivity contribution in [3.8, 4) is 11.5 Å². The summed E-state index contributed by atoms with van der Waals surface area (Å²) in [5.74, 6) is 2.04. The third-order valence-electron chi connectivity index (χ3n) is 5.96. The highest BCUT2D eigenvalue weighted by atomic mass is 16.5. The van der Waals surface area contributed by atoms with Crippen molar-refractivity contribution in [3.63, 3.8) is 0 Å². The van der Waals surface area contributed by atoms with Gasteiger partial charge in [0.15, 0.2) is 11.5 Å².